The standard InChI is InChI=1S/C14H17N3O/c15-12-3-1-2-4-13(12)17-8-7-10-5-6-11(16-18)9-14(10)17/h5-9,12-13H,1-4,15H2. The Morgan fingerprint density at radius 3 is 2.83 bits per heavy atom. The summed E-state index contributed by atoms with van der Waals surface area (Å²) in [6.45, 7) is 0. The van der Waals surface area contributed by atoms with Crippen molar-refractivity contribution in [1.82, 2.24) is 4.57 Å². The van der Waals surface area contributed by atoms with E-state index in [-0.39, 0.29) is 6.04 Å². The van der Waals surface area contributed by atoms with E-state index in [9.17, 15) is 4.91 Å². The second kappa shape index (κ2) is 4.53. The number of rotatable bonds is 2. The maximum absolute atomic E-state index is 10.6. The molecule has 0 saturated heterocycles. The van der Waals surface area contributed by atoms with Crippen LogP contribution in [0.1, 0.15) is 31.7 Å². The van der Waals surface area contributed by atoms with E-state index in [0.29, 0.717) is 11.7 Å². The molecular formula is C14H17N3O. The minimum absolute atomic E-state index is 0.210. The molecule has 2 unspecified atom stereocenters. The van der Waals surface area contributed by atoms with E-state index in [4.69, 9.17) is 5.73 Å². The SMILES string of the molecule is NC1CCCCC1n1ccc2ccc(N=O)cc21. The Hall–Kier alpha value is -1.68. The van der Waals surface area contributed by atoms with Crippen molar-refractivity contribution in [3.8, 4) is 0 Å². The number of nitrogens with two attached hydrogens (primary N) is 1. The van der Waals surface area contributed by atoms with Crippen molar-refractivity contribution in [3.63, 3.8) is 0 Å². The summed E-state index contributed by atoms with van der Waals surface area (Å²) in [5.74, 6) is 0. The molecule has 4 nitrogen and oxygen atoms in total. The average Bonchev–Trinajstić information content (AvgIpc) is 2.82. The molecule has 0 spiro atoms. The molecule has 1 fully saturated rings. The lowest BCUT2D eigenvalue weighted by Crippen LogP contribution is -2.34. The highest BCUT2D eigenvalue weighted by Gasteiger charge is 2.24. The topological polar surface area (TPSA) is 60.4 Å². The summed E-state index contributed by atoms with van der Waals surface area (Å²) in [6.07, 6.45) is 6.72. The number of hydrogen-bond acceptors (Lipinski definition) is 3. The van der Waals surface area contributed by atoms with E-state index in [1.807, 2.05) is 12.1 Å². The quantitative estimate of drug-likeness (QED) is 0.821. The fourth-order valence-corrected chi connectivity index (χ4v) is 2.97. The highest BCUT2D eigenvalue weighted by Crippen LogP contribution is 2.32. The largest absolute Gasteiger partial charge is 0.343 e. The van der Waals surface area contributed by atoms with Crippen LogP contribution in [-0.4, -0.2) is 10.6 Å². The van der Waals surface area contributed by atoms with Gasteiger partial charge in [0.05, 0.1) is 5.52 Å². The molecule has 0 bridgehead atoms. The van der Waals surface area contributed by atoms with Gasteiger partial charge in [0.15, 0.2) is 0 Å². The fraction of sp³-hybridized carbons (Fsp3) is 0.429. The van der Waals surface area contributed by atoms with Gasteiger partial charge in [0.1, 0.15) is 5.69 Å². The summed E-state index contributed by atoms with van der Waals surface area (Å²) in [7, 11) is 0. The molecular weight excluding hydrogens is 226 g/mol. The second-order valence-corrected chi connectivity index (χ2v) is 5.07. The van der Waals surface area contributed by atoms with Crippen LogP contribution in [0.3, 0.4) is 0 Å². The van der Waals surface area contributed by atoms with Crippen LogP contribution in [0.4, 0.5) is 5.69 Å². The van der Waals surface area contributed by atoms with Crippen LogP contribution in [0.5, 0.6) is 0 Å². The van der Waals surface area contributed by atoms with E-state index in [1.54, 1.807) is 6.07 Å². The third-order valence-corrected chi connectivity index (χ3v) is 3.95. The number of nitrogens with zero attached hydrogens (tertiary/aromatic N) is 2. The van der Waals surface area contributed by atoms with Gasteiger partial charge < -0.3 is 10.3 Å². The first kappa shape index (κ1) is 11.4. The van der Waals surface area contributed by atoms with Crippen LogP contribution in [-0.2, 0) is 0 Å². The van der Waals surface area contributed by atoms with Gasteiger partial charge in [-0.15, -0.1) is 4.91 Å². The summed E-state index contributed by atoms with van der Waals surface area (Å²) in [5.41, 5.74) is 7.77. The average molecular weight is 243 g/mol. The van der Waals surface area contributed by atoms with Gasteiger partial charge in [0.2, 0.25) is 0 Å². The van der Waals surface area contributed by atoms with Gasteiger partial charge in [-0.25, -0.2) is 0 Å². The zero-order valence-electron chi connectivity index (χ0n) is 10.2. The molecule has 0 amide bonds. The lowest BCUT2D eigenvalue weighted by molar-refractivity contribution is 0.312. The Labute approximate surface area is 106 Å². The summed E-state index contributed by atoms with van der Waals surface area (Å²) in [4.78, 5) is 10.6. The molecule has 2 N–H and O–H groups in total. The van der Waals surface area contributed by atoms with Crippen LogP contribution >= 0.6 is 0 Å². The third-order valence-electron chi connectivity index (χ3n) is 3.95. The van der Waals surface area contributed by atoms with Gasteiger partial charge in [0, 0.05) is 18.3 Å². The zero-order chi connectivity index (χ0) is 12.5. The number of benzene rings is 1. The normalized spacial score (nSPS) is 24.3. The smallest absolute Gasteiger partial charge is 0.110 e. The van der Waals surface area contributed by atoms with Crippen molar-refractivity contribution in [2.24, 2.45) is 10.9 Å². The van der Waals surface area contributed by atoms with Crippen LogP contribution in [0.15, 0.2) is 35.6 Å². The van der Waals surface area contributed by atoms with Crippen LogP contribution in [0.2, 0.25) is 0 Å². The molecule has 2 atom stereocenters. The molecule has 94 valence electrons. The van der Waals surface area contributed by atoms with Crippen molar-refractivity contribution in [1.29, 1.82) is 0 Å². The number of fused-ring (bicyclic) bond motifs is 1. The molecule has 1 aromatic heterocycles. The van der Waals surface area contributed by atoms with Gasteiger partial charge in [0.25, 0.3) is 0 Å². The number of hydrogen-bond donors (Lipinski definition) is 1. The van der Waals surface area contributed by atoms with Crippen molar-refractivity contribution >= 4 is 16.6 Å². The molecule has 18 heavy (non-hydrogen) atoms. The van der Waals surface area contributed by atoms with Crippen LogP contribution in [0, 0.1) is 4.91 Å². The van der Waals surface area contributed by atoms with Crippen LogP contribution < -0.4 is 5.73 Å². The fourth-order valence-electron chi connectivity index (χ4n) is 2.97. The Morgan fingerprint density at radius 2 is 2.06 bits per heavy atom. The van der Waals surface area contributed by atoms with Gasteiger partial charge in [-0.05, 0) is 41.6 Å². The highest BCUT2D eigenvalue weighted by molar-refractivity contribution is 5.83. The summed E-state index contributed by atoms with van der Waals surface area (Å²) < 4.78 is 2.22. The molecule has 1 aliphatic rings. The lowest BCUT2D eigenvalue weighted by Gasteiger charge is -2.30. The molecule has 0 radical (unpaired) electrons. The third kappa shape index (κ3) is 1.82. The van der Waals surface area contributed by atoms with Gasteiger partial charge in [-0.3, -0.25) is 0 Å². The first-order chi connectivity index (χ1) is 8.79. The van der Waals surface area contributed by atoms with E-state index >= 15 is 0 Å². The summed E-state index contributed by atoms with van der Waals surface area (Å²) in [6, 6.07) is 8.17. The molecule has 2 aromatic rings. The monoisotopic (exact) mass is 243 g/mol. The van der Waals surface area contributed by atoms with E-state index in [2.05, 4.69) is 22.0 Å². The predicted octanol–water partition coefficient (Wildman–Crippen LogP) is 3.48. The van der Waals surface area contributed by atoms with Crippen molar-refractivity contribution < 1.29 is 0 Å². The molecule has 4 heteroatoms. The van der Waals surface area contributed by atoms with Crippen molar-refractivity contribution in [2.75, 3.05) is 0 Å². The maximum atomic E-state index is 10.6. The Kier molecular flexibility index (Phi) is 2.88. The van der Waals surface area contributed by atoms with Crippen LogP contribution in [0.25, 0.3) is 10.9 Å². The molecule has 1 aliphatic carbocycles. The minimum atomic E-state index is 0.210. The lowest BCUT2D eigenvalue weighted by atomic mass is 9.91. The predicted molar refractivity (Wildman–Crippen MR) is 72.9 cm³/mol. The van der Waals surface area contributed by atoms with Crippen molar-refractivity contribution in [2.45, 2.75) is 37.8 Å². The highest BCUT2D eigenvalue weighted by atomic mass is 16.3. The molecule has 1 saturated carbocycles. The molecule has 3 rings (SSSR count). The van der Waals surface area contributed by atoms with Gasteiger partial charge >= 0.3 is 0 Å². The minimum Gasteiger partial charge on any atom is -0.343 e. The molecule has 1 aromatic carbocycles. The molecule has 1 heterocycles. The maximum Gasteiger partial charge on any atom is 0.110 e. The van der Waals surface area contributed by atoms with E-state index < -0.39 is 0 Å². The zero-order valence-corrected chi connectivity index (χ0v) is 10.2. The van der Waals surface area contributed by atoms with Gasteiger partial charge in [-0.2, -0.15) is 0 Å². The first-order valence-corrected chi connectivity index (χ1v) is 6.49. The van der Waals surface area contributed by atoms with E-state index in [0.717, 1.165) is 23.7 Å². The van der Waals surface area contributed by atoms with Crippen molar-refractivity contribution in [3.05, 3.63) is 35.4 Å². The first-order valence-electron chi connectivity index (χ1n) is 6.49. The Morgan fingerprint density at radius 1 is 1.22 bits per heavy atom. The number of aromatic nitrogens is 1. The number of nitroso groups, excluding NO2 is 1. The molecule has 0 aliphatic heterocycles. The van der Waals surface area contributed by atoms with E-state index in [1.165, 1.54) is 12.8 Å². The second-order valence-electron chi connectivity index (χ2n) is 5.07. The Bertz CT molecular complexity index is 575. The summed E-state index contributed by atoms with van der Waals surface area (Å²) in [5, 5.41) is 4.15. The van der Waals surface area contributed by atoms with Gasteiger partial charge in [-0.1, -0.05) is 18.9 Å². The Balaban J connectivity index is 2.07. The summed E-state index contributed by atoms with van der Waals surface area (Å²) >= 11 is 0.